The molecule has 0 bridgehead atoms. The molecule has 0 atom stereocenters. The average Bonchev–Trinajstić information content (AvgIpc) is 1.48. The van der Waals surface area contributed by atoms with Crippen molar-refractivity contribution < 1.29 is 13.3 Å². The minimum atomic E-state index is -2.56. The Bertz CT molecular complexity index is 136. The fraction of sp³-hybridized carbons (Fsp3) is 1.00. The Hall–Kier alpha value is -0.180. The molecule has 74 valence electrons. The fourth-order valence-electron chi connectivity index (χ4n) is 1.80. The summed E-state index contributed by atoms with van der Waals surface area (Å²) in [6.45, 7) is 5.80. The third-order valence-corrected chi connectivity index (χ3v) is 1.57. The number of quaternary nitrogens is 1. The molecule has 0 amide bonds. The van der Waals surface area contributed by atoms with E-state index in [1.54, 1.807) is 0 Å². The Morgan fingerprint density at radius 2 is 1.67 bits per heavy atom. The molecule has 0 aromatic heterocycles. The second kappa shape index (κ2) is 3.69. The van der Waals surface area contributed by atoms with E-state index in [4.69, 9.17) is 0 Å². The molecule has 3 heteroatoms. The van der Waals surface area contributed by atoms with Crippen LogP contribution < -0.4 is 0 Å². The van der Waals surface area contributed by atoms with Gasteiger partial charge in [-0.15, -0.1) is 0 Å². The monoisotopic (exact) mass is 180 g/mol. The lowest BCUT2D eigenvalue weighted by atomic mass is 10.2. The Morgan fingerprint density at radius 3 is 1.92 bits per heavy atom. The summed E-state index contributed by atoms with van der Waals surface area (Å²) in [4.78, 5) is 0. The van der Waals surface area contributed by atoms with Crippen LogP contribution in [0.5, 0.6) is 0 Å². The fourth-order valence-corrected chi connectivity index (χ4v) is 1.80. The molecule has 0 aromatic carbocycles. The van der Waals surface area contributed by atoms with Gasteiger partial charge in [-0.05, 0) is 0 Å². The highest BCUT2D eigenvalue weighted by molar-refractivity contribution is 4.56. The van der Waals surface area contributed by atoms with Gasteiger partial charge in [0.05, 0.1) is 20.6 Å². The zero-order chi connectivity index (χ0) is 9.99. The largest absolute Gasteiger partial charge is 0.323 e. The van der Waals surface area contributed by atoms with Crippen LogP contribution in [0.25, 0.3) is 0 Å². The molecular formula is C9H20F2N+. The Labute approximate surface area is 74.0 Å². The molecular weight excluding hydrogens is 160 g/mol. The smallest absolute Gasteiger partial charge is 0.292 e. The molecule has 0 saturated heterocycles. The summed E-state index contributed by atoms with van der Waals surface area (Å²) >= 11 is 0. The van der Waals surface area contributed by atoms with Crippen molar-refractivity contribution in [2.24, 2.45) is 5.92 Å². The van der Waals surface area contributed by atoms with Crippen LogP contribution in [-0.4, -0.2) is 37.6 Å². The summed E-state index contributed by atoms with van der Waals surface area (Å²) in [7, 11) is 3.69. The van der Waals surface area contributed by atoms with Crippen molar-refractivity contribution in [2.75, 3.05) is 27.2 Å². The van der Waals surface area contributed by atoms with Crippen LogP contribution >= 0.6 is 0 Å². The van der Waals surface area contributed by atoms with E-state index in [2.05, 4.69) is 0 Å². The quantitative estimate of drug-likeness (QED) is 0.583. The lowest BCUT2D eigenvalue weighted by molar-refractivity contribution is -0.900. The van der Waals surface area contributed by atoms with Crippen LogP contribution in [-0.2, 0) is 0 Å². The topological polar surface area (TPSA) is 0 Å². The molecule has 0 aliphatic carbocycles. The van der Waals surface area contributed by atoms with Gasteiger partial charge in [0, 0.05) is 12.8 Å². The summed E-state index contributed by atoms with van der Waals surface area (Å²) in [5.41, 5.74) is 0. The molecule has 0 saturated carbocycles. The van der Waals surface area contributed by atoms with Gasteiger partial charge in [0.2, 0.25) is 0 Å². The molecule has 0 aromatic rings. The normalized spacial score (nSPS) is 14.0. The number of nitrogens with zero attached hydrogens (tertiary/aromatic N) is 1. The van der Waals surface area contributed by atoms with E-state index >= 15 is 0 Å². The second-order valence-corrected chi connectivity index (χ2v) is 4.74. The zero-order valence-corrected chi connectivity index (χ0v) is 8.69. The second-order valence-electron chi connectivity index (χ2n) is 4.74. The molecule has 0 unspecified atom stereocenters. The Kier molecular flexibility index (Phi) is 3.63. The maximum Gasteiger partial charge on any atom is 0.292 e. The number of rotatable bonds is 4. The minimum absolute atomic E-state index is 0.0782. The lowest BCUT2D eigenvalue weighted by Crippen LogP contribution is -2.49. The van der Waals surface area contributed by atoms with Gasteiger partial charge in [-0.25, -0.2) is 8.78 Å². The van der Waals surface area contributed by atoms with Crippen molar-refractivity contribution in [1.82, 2.24) is 0 Å². The number of halogens is 2. The first kappa shape index (κ1) is 11.8. The summed E-state index contributed by atoms with van der Waals surface area (Å²) in [5, 5.41) is 0. The van der Waals surface area contributed by atoms with E-state index in [1.165, 1.54) is 0 Å². The van der Waals surface area contributed by atoms with Crippen molar-refractivity contribution in [3.05, 3.63) is 0 Å². The van der Waals surface area contributed by atoms with Crippen LogP contribution in [0.2, 0.25) is 0 Å². The molecule has 0 fully saturated rings. The standard InChI is InChI=1S/C9H20F2N/c1-8(2)6-12(4,5)7-9(3,10)11/h8H,6-7H2,1-5H3/q+1. The van der Waals surface area contributed by atoms with Gasteiger partial charge >= 0.3 is 0 Å². The Balaban J connectivity index is 4.04. The molecule has 0 aliphatic rings. The van der Waals surface area contributed by atoms with E-state index in [0.717, 1.165) is 13.5 Å². The minimum Gasteiger partial charge on any atom is -0.323 e. The Morgan fingerprint density at radius 1 is 1.25 bits per heavy atom. The van der Waals surface area contributed by atoms with Crippen molar-refractivity contribution >= 4 is 0 Å². The molecule has 1 nitrogen and oxygen atoms in total. The van der Waals surface area contributed by atoms with Crippen LogP contribution in [0.3, 0.4) is 0 Å². The molecule has 0 radical (unpaired) electrons. The van der Waals surface area contributed by atoms with Gasteiger partial charge in [-0.2, -0.15) is 0 Å². The van der Waals surface area contributed by atoms with Gasteiger partial charge in [-0.3, -0.25) is 0 Å². The van der Waals surface area contributed by atoms with E-state index in [-0.39, 0.29) is 6.54 Å². The SMILES string of the molecule is CC(C)C[N+](C)(C)CC(C)(F)F. The highest BCUT2D eigenvalue weighted by atomic mass is 19.3. The van der Waals surface area contributed by atoms with Crippen molar-refractivity contribution in [2.45, 2.75) is 26.7 Å². The van der Waals surface area contributed by atoms with Gasteiger partial charge in [0.15, 0.2) is 0 Å². The van der Waals surface area contributed by atoms with Crippen LogP contribution in [0, 0.1) is 5.92 Å². The maximum absolute atomic E-state index is 12.7. The van der Waals surface area contributed by atoms with Gasteiger partial charge in [0.1, 0.15) is 6.54 Å². The molecule has 12 heavy (non-hydrogen) atoms. The van der Waals surface area contributed by atoms with E-state index in [1.807, 2.05) is 27.9 Å². The third-order valence-electron chi connectivity index (χ3n) is 1.57. The maximum atomic E-state index is 12.7. The lowest BCUT2D eigenvalue weighted by Gasteiger charge is -2.33. The molecule has 0 heterocycles. The van der Waals surface area contributed by atoms with Crippen LogP contribution in [0.4, 0.5) is 8.78 Å². The van der Waals surface area contributed by atoms with Gasteiger partial charge in [-0.1, -0.05) is 13.8 Å². The summed E-state index contributed by atoms with van der Waals surface area (Å²) < 4.78 is 25.7. The molecule has 0 N–H and O–H groups in total. The van der Waals surface area contributed by atoms with Gasteiger partial charge in [0.25, 0.3) is 5.92 Å². The highest BCUT2D eigenvalue weighted by Gasteiger charge is 2.32. The predicted octanol–water partition coefficient (Wildman–Crippen LogP) is 2.37. The zero-order valence-electron chi connectivity index (χ0n) is 8.69. The van der Waals surface area contributed by atoms with Crippen molar-refractivity contribution in [3.63, 3.8) is 0 Å². The number of hydrogen-bond donors (Lipinski definition) is 0. The first-order valence-electron chi connectivity index (χ1n) is 4.32. The highest BCUT2D eigenvalue weighted by Crippen LogP contribution is 2.17. The predicted molar refractivity (Wildman–Crippen MR) is 47.3 cm³/mol. The molecule has 0 aliphatic heterocycles. The van der Waals surface area contributed by atoms with E-state index < -0.39 is 5.92 Å². The summed E-state index contributed by atoms with van der Waals surface area (Å²) in [5.74, 6) is -2.10. The van der Waals surface area contributed by atoms with Crippen molar-refractivity contribution in [3.8, 4) is 0 Å². The third kappa shape index (κ3) is 6.53. The summed E-state index contributed by atoms with van der Waals surface area (Å²) in [6.07, 6.45) is 0. The van der Waals surface area contributed by atoms with Gasteiger partial charge < -0.3 is 4.48 Å². The first-order chi connectivity index (χ1) is 5.12. The molecule has 0 spiro atoms. The van der Waals surface area contributed by atoms with Crippen molar-refractivity contribution in [1.29, 1.82) is 0 Å². The molecule has 0 rings (SSSR count). The number of alkyl halides is 2. The van der Waals surface area contributed by atoms with Crippen LogP contribution in [0.1, 0.15) is 20.8 Å². The van der Waals surface area contributed by atoms with E-state index in [9.17, 15) is 8.78 Å². The first-order valence-corrected chi connectivity index (χ1v) is 4.32. The summed E-state index contributed by atoms with van der Waals surface area (Å²) in [6, 6.07) is 0. The number of hydrogen-bond acceptors (Lipinski definition) is 0. The average molecular weight is 180 g/mol. The van der Waals surface area contributed by atoms with Crippen LogP contribution in [0.15, 0.2) is 0 Å². The van der Waals surface area contributed by atoms with E-state index in [0.29, 0.717) is 10.4 Å².